The van der Waals surface area contributed by atoms with Crippen LogP contribution in [0.15, 0.2) is 12.4 Å². The van der Waals surface area contributed by atoms with Crippen molar-refractivity contribution in [2.45, 2.75) is 57.2 Å². The third kappa shape index (κ3) is 3.18. The first kappa shape index (κ1) is 16.3. The summed E-state index contributed by atoms with van der Waals surface area (Å²) in [5, 5.41) is 25.4. The fourth-order valence-electron chi connectivity index (χ4n) is 3.83. The molecule has 1 saturated carbocycles. The lowest BCUT2D eigenvalue weighted by molar-refractivity contribution is 0.0233. The fourth-order valence-corrected chi connectivity index (χ4v) is 3.83. The quantitative estimate of drug-likeness (QED) is 0.862. The molecule has 0 spiro atoms. The predicted octanol–water partition coefficient (Wildman–Crippen LogP) is 0.980. The second kappa shape index (κ2) is 6.59. The molecule has 2 aromatic heterocycles. The highest BCUT2D eigenvalue weighted by Crippen LogP contribution is 2.38. The lowest BCUT2D eigenvalue weighted by Gasteiger charge is -2.37. The topological polar surface area (TPSA) is 97.9 Å². The van der Waals surface area contributed by atoms with Crippen molar-refractivity contribution in [1.82, 2.24) is 29.9 Å². The van der Waals surface area contributed by atoms with Gasteiger partial charge in [0, 0.05) is 31.8 Å². The number of aromatic nitrogens is 5. The smallest absolute Gasteiger partial charge is 0.289 e. The van der Waals surface area contributed by atoms with Crippen LogP contribution in [0.3, 0.4) is 0 Å². The minimum absolute atomic E-state index is 0.164. The van der Waals surface area contributed by atoms with E-state index in [2.05, 4.69) is 20.6 Å². The van der Waals surface area contributed by atoms with Gasteiger partial charge in [-0.1, -0.05) is 6.42 Å². The molecule has 0 unspecified atom stereocenters. The lowest BCUT2D eigenvalue weighted by Crippen LogP contribution is -2.42. The Morgan fingerprint density at radius 3 is 2.88 bits per heavy atom. The van der Waals surface area contributed by atoms with Crippen molar-refractivity contribution >= 4 is 5.91 Å². The molecular formula is C17H24N6O2. The summed E-state index contributed by atoms with van der Waals surface area (Å²) in [6, 6.07) is -0.164. The molecule has 0 aromatic carbocycles. The van der Waals surface area contributed by atoms with Gasteiger partial charge < -0.3 is 15.0 Å². The van der Waals surface area contributed by atoms with Gasteiger partial charge in [-0.15, -0.1) is 10.2 Å². The number of fused-ring (bicyclic) bond motifs is 1. The SMILES string of the molecule is Cn1cc([C@@H](NC(=O)c2nnc3n2CCCCC3)C2CC(O)C2)cn1. The van der Waals surface area contributed by atoms with Gasteiger partial charge in [0.2, 0.25) is 5.82 Å². The van der Waals surface area contributed by atoms with Crippen LogP contribution in [0, 0.1) is 5.92 Å². The van der Waals surface area contributed by atoms with E-state index in [9.17, 15) is 9.90 Å². The summed E-state index contributed by atoms with van der Waals surface area (Å²) in [5.41, 5.74) is 0.961. The Labute approximate surface area is 146 Å². The molecule has 25 heavy (non-hydrogen) atoms. The van der Waals surface area contributed by atoms with Crippen LogP contribution in [0.25, 0.3) is 0 Å². The van der Waals surface area contributed by atoms with Gasteiger partial charge >= 0.3 is 0 Å². The van der Waals surface area contributed by atoms with Crippen LogP contribution in [-0.4, -0.2) is 41.7 Å². The Kier molecular flexibility index (Phi) is 4.29. The van der Waals surface area contributed by atoms with E-state index in [1.54, 1.807) is 10.9 Å². The minimum atomic E-state index is -0.273. The van der Waals surface area contributed by atoms with Gasteiger partial charge in [-0.05, 0) is 31.6 Å². The Morgan fingerprint density at radius 2 is 2.16 bits per heavy atom. The largest absolute Gasteiger partial charge is 0.393 e. The average molecular weight is 344 g/mol. The van der Waals surface area contributed by atoms with Gasteiger partial charge in [0.1, 0.15) is 5.82 Å². The molecule has 2 N–H and O–H groups in total. The van der Waals surface area contributed by atoms with Crippen molar-refractivity contribution in [2.24, 2.45) is 13.0 Å². The summed E-state index contributed by atoms with van der Waals surface area (Å²) in [5.74, 6) is 1.32. The Morgan fingerprint density at radius 1 is 1.32 bits per heavy atom. The molecule has 3 heterocycles. The molecule has 0 bridgehead atoms. The molecule has 1 aliphatic carbocycles. The number of nitrogens with zero attached hydrogens (tertiary/aromatic N) is 5. The van der Waals surface area contributed by atoms with Crippen LogP contribution in [0.1, 0.15) is 60.2 Å². The highest BCUT2D eigenvalue weighted by Gasteiger charge is 2.37. The predicted molar refractivity (Wildman–Crippen MR) is 89.7 cm³/mol. The first-order valence-electron chi connectivity index (χ1n) is 9.01. The molecule has 1 amide bonds. The summed E-state index contributed by atoms with van der Waals surface area (Å²) >= 11 is 0. The number of aliphatic hydroxyl groups is 1. The second-order valence-electron chi connectivity index (χ2n) is 7.19. The molecule has 134 valence electrons. The zero-order chi connectivity index (χ0) is 17.4. The molecule has 1 aliphatic heterocycles. The second-order valence-corrected chi connectivity index (χ2v) is 7.19. The van der Waals surface area contributed by atoms with Gasteiger partial charge in [0.25, 0.3) is 5.91 Å². The number of carbonyl (C=O) groups excluding carboxylic acids is 1. The standard InChI is InChI=1S/C17H24N6O2/c1-22-10-12(9-18-22)15(11-7-13(24)8-11)19-17(25)16-21-20-14-5-3-2-4-6-23(14)16/h9-11,13,15,24H,2-8H2,1H3,(H,19,25)/t11?,13?,15-/m0/s1. The lowest BCUT2D eigenvalue weighted by atomic mass is 9.75. The van der Waals surface area contributed by atoms with Crippen LogP contribution in [0.4, 0.5) is 0 Å². The van der Waals surface area contributed by atoms with E-state index in [4.69, 9.17) is 0 Å². The molecule has 8 nitrogen and oxygen atoms in total. The number of aliphatic hydroxyl groups excluding tert-OH is 1. The van der Waals surface area contributed by atoms with Crippen LogP contribution in [-0.2, 0) is 20.0 Å². The van der Waals surface area contributed by atoms with Gasteiger partial charge in [-0.2, -0.15) is 5.10 Å². The normalized spacial score (nSPS) is 24.1. The zero-order valence-electron chi connectivity index (χ0n) is 14.4. The van der Waals surface area contributed by atoms with Crippen molar-refractivity contribution in [3.8, 4) is 0 Å². The van der Waals surface area contributed by atoms with Gasteiger partial charge in [0.05, 0.1) is 18.3 Å². The van der Waals surface area contributed by atoms with Crippen LogP contribution >= 0.6 is 0 Å². The molecular weight excluding hydrogens is 320 g/mol. The number of amides is 1. The molecule has 1 fully saturated rings. The van der Waals surface area contributed by atoms with Crippen molar-refractivity contribution in [3.63, 3.8) is 0 Å². The monoisotopic (exact) mass is 344 g/mol. The highest BCUT2D eigenvalue weighted by molar-refractivity contribution is 5.91. The highest BCUT2D eigenvalue weighted by atomic mass is 16.3. The average Bonchev–Trinajstić information content (AvgIpc) is 3.10. The maximum atomic E-state index is 12.9. The van der Waals surface area contributed by atoms with Crippen LogP contribution in [0.2, 0.25) is 0 Å². The van der Waals surface area contributed by atoms with Crippen LogP contribution in [0.5, 0.6) is 0 Å². The fraction of sp³-hybridized carbons (Fsp3) is 0.647. The van der Waals surface area contributed by atoms with Gasteiger partial charge in [0.15, 0.2) is 0 Å². The molecule has 1 atom stereocenters. The van der Waals surface area contributed by atoms with E-state index < -0.39 is 0 Å². The summed E-state index contributed by atoms with van der Waals surface area (Å²) in [6.45, 7) is 0.796. The molecule has 0 radical (unpaired) electrons. The van der Waals surface area contributed by atoms with Crippen molar-refractivity contribution in [1.29, 1.82) is 0 Å². The van der Waals surface area contributed by atoms with E-state index in [0.717, 1.165) is 43.6 Å². The van der Waals surface area contributed by atoms with E-state index in [1.807, 2.05) is 17.8 Å². The van der Waals surface area contributed by atoms with E-state index in [0.29, 0.717) is 18.7 Å². The van der Waals surface area contributed by atoms with Gasteiger partial charge in [-0.3, -0.25) is 9.48 Å². The minimum Gasteiger partial charge on any atom is -0.393 e. The Balaban J connectivity index is 1.56. The first-order chi connectivity index (χ1) is 12.1. The Hall–Kier alpha value is -2.22. The first-order valence-corrected chi connectivity index (χ1v) is 9.01. The molecule has 8 heteroatoms. The Bertz CT molecular complexity index is 761. The van der Waals surface area contributed by atoms with Crippen molar-refractivity contribution in [2.75, 3.05) is 0 Å². The van der Waals surface area contributed by atoms with E-state index >= 15 is 0 Å². The number of nitrogens with one attached hydrogen (secondary N) is 1. The molecule has 0 saturated heterocycles. The van der Waals surface area contributed by atoms with E-state index in [-0.39, 0.29) is 24.0 Å². The van der Waals surface area contributed by atoms with Crippen molar-refractivity contribution < 1.29 is 9.90 Å². The zero-order valence-corrected chi connectivity index (χ0v) is 14.4. The van der Waals surface area contributed by atoms with Crippen LogP contribution < -0.4 is 5.32 Å². The number of aryl methyl sites for hydroxylation is 2. The number of hydrogen-bond acceptors (Lipinski definition) is 5. The third-order valence-corrected chi connectivity index (χ3v) is 5.30. The summed E-state index contributed by atoms with van der Waals surface area (Å²) in [6.07, 6.45) is 8.98. The third-order valence-electron chi connectivity index (χ3n) is 5.30. The number of hydrogen-bond donors (Lipinski definition) is 2. The summed E-state index contributed by atoms with van der Waals surface area (Å²) in [4.78, 5) is 12.9. The van der Waals surface area contributed by atoms with Gasteiger partial charge in [-0.25, -0.2) is 0 Å². The maximum Gasteiger partial charge on any atom is 0.289 e. The maximum absolute atomic E-state index is 12.9. The molecule has 2 aliphatic rings. The van der Waals surface area contributed by atoms with Crippen molar-refractivity contribution in [3.05, 3.63) is 29.6 Å². The summed E-state index contributed by atoms with van der Waals surface area (Å²) < 4.78 is 3.69. The number of carbonyl (C=O) groups is 1. The van der Waals surface area contributed by atoms with E-state index in [1.165, 1.54) is 0 Å². The number of rotatable bonds is 4. The molecule has 2 aromatic rings. The summed E-state index contributed by atoms with van der Waals surface area (Å²) in [7, 11) is 1.86. The molecule has 4 rings (SSSR count).